The van der Waals surface area contributed by atoms with Crippen molar-refractivity contribution in [2.75, 3.05) is 0 Å². The first-order valence-corrected chi connectivity index (χ1v) is 7.58. The molecule has 0 spiro atoms. The number of aromatic nitrogens is 3. The van der Waals surface area contributed by atoms with Gasteiger partial charge in [-0.05, 0) is 24.6 Å². The van der Waals surface area contributed by atoms with E-state index in [1.165, 1.54) is 16.6 Å². The predicted octanol–water partition coefficient (Wildman–Crippen LogP) is 3.80. The van der Waals surface area contributed by atoms with Crippen LogP contribution in [0.15, 0.2) is 65.5 Å². The lowest BCUT2D eigenvalue weighted by Crippen LogP contribution is -2.14. The maximum atomic E-state index is 14.1. The molecule has 2 heterocycles. The number of H-pyrrole nitrogens is 1. The predicted molar refractivity (Wildman–Crippen MR) is 91.4 cm³/mol. The number of halogens is 1. The molecule has 4 rings (SSSR count). The van der Waals surface area contributed by atoms with Crippen LogP contribution in [0.2, 0.25) is 0 Å². The Bertz CT molecular complexity index is 1100. The van der Waals surface area contributed by atoms with Crippen LogP contribution >= 0.6 is 0 Å². The summed E-state index contributed by atoms with van der Waals surface area (Å²) in [4.78, 5) is 17.0. The maximum absolute atomic E-state index is 14.1. The van der Waals surface area contributed by atoms with Crippen molar-refractivity contribution in [3.8, 4) is 22.4 Å². The topological polar surface area (TPSA) is 50.2 Å². The van der Waals surface area contributed by atoms with Gasteiger partial charge in [0.2, 0.25) is 0 Å². The van der Waals surface area contributed by atoms with Crippen LogP contribution in [0.4, 0.5) is 4.39 Å². The SMILES string of the molecule is Cc1[nH]n2c(=O)cc(-c3ccccc3F)nc2c1-c1ccccc1. The van der Waals surface area contributed by atoms with Crippen LogP contribution < -0.4 is 5.56 Å². The lowest BCUT2D eigenvalue weighted by Gasteiger charge is -2.04. The van der Waals surface area contributed by atoms with Crippen molar-refractivity contribution in [2.45, 2.75) is 6.92 Å². The van der Waals surface area contributed by atoms with Gasteiger partial charge < -0.3 is 0 Å². The number of fused-ring (bicyclic) bond motifs is 1. The van der Waals surface area contributed by atoms with Crippen LogP contribution in [0.25, 0.3) is 28.0 Å². The molecule has 0 radical (unpaired) electrons. The first-order valence-electron chi connectivity index (χ1n) is 7.58. The van der Waals surface area contributed by atoms with E-state index in [1.807, 2.05) is 37.3 Å². The van der Waals surface area contributed by atoms with Gasteiger partial charge in [0.15, 0.2) is 5.65 Å². The van der Waals surface area contributed by atoms with Crippen molar-refractivity contribution in [1.82, 2.24) is 14.6 Å². The molecular weight excluding hydrogens is 305 g/mol. The van der Waals surface area contributed by atoms with Crippen LogP contribution in [-0.2, 0) is 0 Å². The van der Waals surface area contributed by atoms with E-state index in [4.69, 9.17) is 0 Å². The molecule has 2 aromatic carbocycles. The summed E-state index contributed by atoms with van der Waals surface area (Å²) in [6.45, 7) is 1.89. The third-order valence-electron chi connectivity index (χ3n) is 4.01. The molecular formula is C19H14FN3O. The molecule has 118 valence electrons. The number of hydrogen-bond donors (Lipinski definition) is 1. The van der Waals surface area contributed by atoms with Crippen molar-refractivity contribution in [1.29, 1.82) is 0 Å². The van der Waals surface area contributed by atoms with E-state index in [2.05, 4.69) is 10.1 Å². The number of rotatable bonds is 2. The molecule has 0 atom stereocenters. The van der Waals surface area contributed by atoms with Crippen LogP contribution in [-0.4, -0.2) is 14.6 Å². The van der Waals surface area contributed by atoms with Crippen molar-refractivity contribution in [3.63, 3.8) is 0 Å². The van der Waals surface area contributed by atoms with Gasteiger partial charge in [-0.15, -0.1) is 0 Å². The van der Waals surface area contributed by atoms with Crippen molar-refractivity contribution in [2.24, 2.45) is 0 Å². The number of aryl methyl sites for hydroxylation is 1. The van der Waals surface area contributed by atoms with Crippen LogP contribution in [0.3, 0.4) is 0 Å². The monoisotopic (exact) mass is 319 g/mol. The van der Waals surface area contributed by atoms with Gasteiger partial charge in [-0.3, -0.25) is 9.89 Å². The summed E-state index contributed by atoms with van der Waals surface area (Å²) >= 11 is 0. The van der Waals surface area contributed by atoms with Gasteiger partial charge in [-0.1, -0.05) is 42.5 Å². The molecule has 1 N–H and O–H groups in total. The summed E-state index contributed by atoms with van der Waals surface area (Å²) in [6, 6.07) is 17.4. The lowest BCUT2D eigenvalue weighted by atomic mass is 10.1. The van der Waals surface area contributed by atoms with Gasteiger partial charge in [-0.2, -0.15) is 0 Å². The Morgan fingerprint density at radius 2 is 1.75 bits per heavy atom. The Morgan fingerprint density at radius 1 is 1.04 bits per heavy atom. The molecule has 4 aromatic rings. The minimum Gasteiger partial charge on any atom is -0.293 e. The van der Waals surface area contributed by atoms with Crippen LogP contribution in [0, 0.1) is 12.7 Å². The van der Waals surface area contributed by atoms with Crippen molar-refractivity contribution in [3.05, 3.63) is 82.5 Å². The molecule has 4 nitrogen and oxygen atoms in total. The Morgan fingerprint density at radius 3 is 2.50 bits per heavy atom. The van der Waals surface area contributed by atoms with Gasteiger partial charge in [0.25, 0.3) is 5.56 Å². The molecule has 0 bridgehead atoms. The van der Waals surface area contributed by atoms with Gasteiger partial charge in [0.05, 0.1) is 5.69 Å². The third-order valence-corrected chi connectivity index (χ3v) is 4.01. The molecule has 0 fully saturated rings. The van der Waals surface area contributed by atoms with Crippen LogP contribution in [0.1, 0.15) is 5.69 Å². The highest BCUT2D eigenvalue weighted by Gasteiger charge is 2.16. The average molecular weight is 319 g/mol. The summed E-state index contributed by atoms with van der Waals surface area (Å²) in [6.07, 6.45) is 0. The molecule has 5 heteroatoms. The Kier molecular flexibility index (Phi) is 3.27. The molecule has 0 aliphatic carbocycles. The van der Waals surface area contributed by atoms with E-state index >= 15 is 0 Å². The summed E-state index contributed by atoms with van der Waals surface area (Å²) in [5, 5.41) is 3.04. The second kappa shape index (κ2) is 5.45. The number of aromatic amines is 1. The maximum Gasteiger partial charge on any atom is 0.273 e. The molecule has 0 unspecified atom stereocenters. The number of benzene rings is 2. The zero-order valence-corrected chi connectivity index (χ0v) is 13.0. The van der Waals surface area contributed by atoms with Crippen LogP contribution in [0.5, 0.6) is 0 Å². The minimum absolute atomic E-state index is 0.275. The van der Waals surface area contributed by atoms with E-state index in [-0.39, 0.29) is 5.56 Å². The first kappa shape index (κ1) is 14.4. The van der Waals surface area contributed by atoms with E-state index < -0.39 is 5.82 Å². The number of hydrogen-bond acceptors (Lipinski definition) is 2. The van der Waals surface area contributed by atoms with E-state index in [0.29, 0.717) is 16.9 Å². The quantitative estimate of drug-likeness (QED) is 0.611. The molecule has 2 aromatic heterocycles. The second-order valence-corrected chi connectivity index (χ2v) is 5.60. The number of nitrogens with zero attached hydrogens (tertiary/aromatic N) is 2. The lowest BCUT2D eigenvalue weighted by molar-refractivity contribution is 0.630. The van der Waals surface area contributed by atoms with Crippen molar-refractivity contribution >= 4 is 5.65 Å². The van der Waals surface area contributed by atoms with E-state index in [0.717, 1.165) is 16.8 Å². The minimum atomic E-state index is -0.401. The van der Waals surface area contributed by atoms with Crippen molar-refractivity contribution < 1.29 is 4.39 Å². The largest absolute Gasteiger partial charge is 0.293 e. The zero-order chi connectivity index (χ0) is 16.7. The number of nitrogens with one attached hydrogen (secondary N) is 1. The molecule has 0 saturated carbocycles. The third kappa shape index (κ3) is 2.22. The fraction of sp³-hybridized carbons (Fsp3) is 0.0526. The van der Waals surface area contributed by atoms with Gasteiger partial charge in [-0.25, -0.2) is 13.9 Å². The smallest absolute Gasteiger partial charge is 0.273 e. The van der Waals surface area contributed by atoms with E-state index in [1.54, 1.807) is 18.2 Å². The van der Waals surface area contributed by atoms with Gasteiger partial charge in [0, 0.05) is 22.9 Å². The summed E-state index contributed by atoms with van der Waals surface area (Å²) in [5.74, 6) is -0.401. The van der Waals surface area contributed by atoms with Gasteiger partial charge in [0.1, 0.15) is 5.82 Å². The van der Waals surface area contributed by atoms with Gasteiger partial charge >= 0.3 is 0 Å². The second-order valence-electron chi connectivity index (χ2n) is 5.60. The molecule has 0 saturated heterocycles. The Hall–Kier alpha value is -3.21. The highest BCUT2D eigenvalue weighted by molar-refractivity contribution is 5.81. The Labute approximate surface area is 137 Å². The standard InChI is InChI=1S/C19H14FN3O/c1-12-18(13-7-3-2-4-8-13)19-21-16(11-17(24)23(19)22-12)14-9-5-6-10-15(14)20/h2-11,22H,1H3. The highest BCUT2D eigenvalue weighted by atomic mass is 19.1. The average Bonchev–Trinajstić information content (AvgIpc) is 2.93. The zero-order valence-electron chi connectivity index (χ0n) is 13.0. The highest BCUT2D eigenvalue weighted by Crippen LogP contribution is 2.28. The molecule has 24 heavy (non-hydrogen) atoms. The summed E-state index contributed by atoms with van der Waals surface area (Å²) in [5.41, 5.74) is 3.48. The molecule has 0 amide bonds. The first-order chi connectivity index (χ1) is 11.6. The fourth-order valence-electron chi connectivity index (χ4n) is 2.91. The Balaban J connectivity index is 2.05. The fourth-order valence-corrected chi connectivity index (χ4v) is 2.91. The normalized spacial score (nSPS) is 11.1. The van der Waals surface area contributed by atoms with E-state index in [9.17, 15) is 9.18 Å². The summed E-state index contributed by atoms with van der Waals surface area (Å²) < 4.78 is 15.5. The summed E-state index contributed by atoms with van der Waals surface area (Å²) in [7, 11) is 0. The molecule has 0 aliphatic rings. The molecule has 0 aliphatic heterocycles.